The molecule has 1 atom stereocenters. The minimum Gasteiger partial charge on any atom is -0.462 e. The Morgan fingerprint density at radius 1 is 1.13 bits per heavy atom. The van der Waals surface area contributed by atoms with Crippen LogP contribution in [0.2, 0.25) is 0 Å². The van der Waals surface area contributed by atoms with Crippen molar-refractivity contribution >= 4 is 56.4 Å². The molecule has 8 heteroatoms. The molecule has 2 aromatic heterocycles. The summed E-state index contributed by atoms with van der Waals surface area (Å²) in [5.74, 6) is -0.134. The number of ether oxygens (including phenoxy) is 1. The van der Waals surface area contributed by atoms with Crippen molar-refractivity contribution in [2.75, 3.05) is 11.9 Å². The van der Waals surface area contributed by atoms with E-state index in [1.54, 1.807) is 6.07 Å². The molecule has 0 radical (unpaired) electrons. The van der Waals surface area contributed by atoms with Crippen LogP contribution in [0, 0.1) is 5.92 Å². The molecule has 4 aromatic rings. The van der Waals surface area contributed by atoms with Gasteiger partial charge in [-0.2, -0.15) is 0 Å². The van der Waals surface area contributed by atoms with Crippen LogP contribution in [0.1, 0.15) is 57.8 Å². The van der Waals surface area contributed by atoms with Crippen molar-refractivity contribution in [3.8, 4) is 11.3 Å². The predicted molar refractivity (Wildman–Crippen MR) is 157 cm³/mol. The van der Waals surface area contributed by atoms with Gasteiger partial charge in [0.15, 0.2) is 5.11 Å². The monoisotopic (exact) mass is 543 g/mol. The van der Waals surface area contributed by atoms with Crippen molar-refractivity contribution in [1.82, 2.24) is 10.3 Å². The number of carbonyl (C=O) groups is 2. The van der Waals surface area contributed by atoms with E-state index in [1.807, 2.05) is 61.5 Å². The number of benzene rings is 2. The zero-order valence-corrected chi connectivity index (χ0v) is 23.0. The topological polar surface area (TPSA) is 80.3 Å². The number of carbonyl (C=O) groups excluding carboxylic acids is 2. The number of hydrogen-bond donors (Lipinski definition) is 2. The summed E-state index contributed by atoms with van der Waals surface area (Å²) in [4.78, 5) is 32.4. The highest BCUT2D eigenvalue weighted by Crippen LogP contribution is 2.40. The van der Waals surface area contributed by atoms with E-state index in [0.717, 1.165) is 47.7 Å². The van der Waals surface area contributed by atoms with E-state index in [4.69, 9.17) is 21.9 Å². The summed E-state index contributed by atoms with van der Waals surface area (Å²) in [6.45, 7) is 4.55. The molecular weight excluding hydrogens is 514 g/mol. The lowest BCUT2D eigenvalue weighted by atomic mass is 9.88. The van der Waals surface area contributed by atoms with Gasteiger partial charge in [-0.3, -0.25) is 10.1 Å². The lowest BCUT2D eigenvalue weighted by Gasteiger charge is -2.18. The molecule has 0 bridgehead atoms. The predicted octanol–water partition coefficient (Wildman–Crippen LogP) is 6.78. The van der Waals surface area contributed by atoms with Crippen LogP contribution < -0.4 is 10.6 Å². The van der Waals surface area contributed by atoms with Gasteiger partial charge in [-0.05, 0) is 61.5 Å². The van der Waals surface area contributed by atoms with Gasteiger partial charge in [-0.15, -0.1) is 11.3 Å². The van der Waals surface area contributed by atoms with E-state index in [1.165, 1.54) is 16.2 Å². The summed E-state index contributed by atoms with van der Waals surface area (Å²) >= 11 is 7.07. The highest BCUT2D eigenvalue weighted by atomic mass is 32.1. The van der Waals surface area contributed by atoms with Crippen LogP contribution in [0.3, 0.4) is 0 Å². The fourth-order valence-electron chi connectivity index (χ4n) is 4.75. The van der Waals surface area contributed by atoms with Crippen LogP contribution in [-0.2, 0) is 17.6 Å². The van der Waals surface area contributed by atoms with Gasteiger partial charge in [-0.25, -0.2) is 9.78 Å². The number of thiophene rings is 1. The third-order valence-corrected chi connectivity index (χ3v) is 8.01. The number of nitrogens with one attached hydrogen (secondary N) is 2. The van der Waals surface area contributed by atoms with Crippen LogP contribution in [0.25, 0.3) is 22.2 Å². The first-order chi connectivity index (χ1) is 18.4. The molecule has 0 fully saturated rings. The summed E-state index contributed by atoms with van der Waals surface area (Å²) < 4.78 is 5.49. The Labute approximate surface area is 231 Å². The van der Waals surface area contributed by atoms with Gasteiger partial charge < -0.3 is 10.1 Å². The van der Waals surface area contributed by atoms with Gasteiger partial charge in [-0.1, -0.05) is 62.4 Å². The number of rotatable bonds is 6. The normalized spacial score (nSPS) is 14.5. The third kappa shape index (κ3) is 5.47. The Kier molecular flexibility index (Phi) is 7.81. The van der Waals surface area contributed by atoms with Crippen molar-refractivity contribution in [3.63, 3.8) is 0 Å². The molecule has 1 amide bonds. The second-order valence-corrected chi connectivity index (χ2v) is 11.1. The number of esters is 1. The minimum atomic E-state index is -0.344. The molecule has 194 valence electrons. The first kappa shape index (κ1) is 26.0. The molecule has 5 rings (SSSR count). The zero-order valence-electron chi connectivity index (χ0n) is 21.4. The Morgan fingerprint density at radius 2 is 1.89 bits per heavy atom. The Bertz CT molecular complexity index is 1510. The van der Waals surface area contributed by atoms with Crippen LogP contribution in [0.5, 0.6) is 0 Å². The van der Waals surface area contributed by atoms with Gasteiger partial charge in [0.1, 0.15) is 5.00 Å². The Hall–Kier alpha value is -3.62. The number of amides is 1. The summed E-state index contributed by atoms with van der Waals surface area (Å²) in [5.41, 5.74) is 4.40. The quantitative estimate of drug-likeness (QED) is 0.206. The van der Waals surface area contributed by atoms with Gasteiger partial charge in [0.25, 0.3) is 5.91 Å². The largest absolute Gasteiger partial charge is 0.462 e. The standard InChI is InChI=1S/C30H29N3O3S2/c1-3-15-36-29(35)26-21-14-13-18(2)16-25(21)38-28(26)33-30(37)32-27(34)22-17-24(19-9-5-4-6-10-19)31-23-12-8-7-11-20(22)23/h4-12,17-18H,3,13-16H2,1-2H3,(H2,32,33,34,37)/t18-/m0/s1. The van der Waals surface area contributed by atoms with E-state index in [2.05, 4.69) is 17.6 Å². The lowest BCUT2D eigenvalue weighted by Crippen LogP contribution is -2.34. The van der Waals surface area contributed by atoms with Crippen LogP contribution in [0.4, 0.5) is 5.00 Å². The van der Waals surface area contributed by atoms with Gasteiger partial charge in [0.05, 0.1) is 28.9 Å². The summed E-state index contributed by atoms with van der Waals surface area (Å²) in [7, 11) is 0. The van der Waals surface area contributed by atoms with Crippen LogP contribution >= 0.6 is 23.6 Å². The second-order valence-electron chi connectivity index (χ2n) is 9.54. The third-order valence-electron chi connectivity index (χ3n) is 6.64. The van der Waals surface area contributed by atoms with Gasteiger partial charge in [0, 0.05) is 15.8 Å². The number of anilines is 1. The summed E-state index contributed by atoms with van der Waals surface area (Å²) in [5, 5.41) is 7.45. The molecule has 1 aliphatic carbocycles. The summed E-state index contributed by atoms with van der Waals surface area (Å²) in [6.07, 6.45) is 3.52. The van der Waals surface area contributed by atoms with E-state index in [0.29, 0.717) is 34.3 Å². The minimum absolute atomic E-state index is 0.133. The molecular formula is C30H29N3O3S2. The number of pyridine rings is 1. The van der Waals surface area contributed by atoms with E-state index in [9.17, 15) is 9.59 Å². The Balaban J connectivity index is 1.42. The molecule has 0 aliphatic heterocycles. The van der Waals surface area contributed by atoms with E-state index in [-0.39, 0.29) is 17.0 Å². The molecule has 6 nitrogen and oxygen atoms in total. The van der Waals surface area contributed by atoms with Crippen molar-refractivity contribution in [1.29, 1.82) is 0 Å². The number of para-hydroxylation sites is 1. The lowest BCUT2D eigenvalue weighted by molar-refractivity contribution is 0.0505. The van der Waals surface area contributed by atoms with E-state index < -0.39 is 0 Å². The van der Waals surface area contributed by atoms with E-state index >= 15 is 0 Å². The average molecular weight is 544 g/mol. The van der Waals surface area contributed by atoms with Gasteiger partial charge in [0.2, 0.25) is 0 Å². The SMILES string of the molecule is CCCOC(=O)c1c(NC(=S)NC(=O)c2cc(-c3ccccc3)nc3ccccc23)sc2c1CC[C@H](C)C2. The number of nitrogens with zero attached hydrogens (tertiary/aromatic N) is 1. The number of hydrogen-bond acceptors (Lipinski definition) is 6. The zero-order chi connectivity index (χ0) is 26.6. The van der Waals surface area contributed by atoms with Crippen molar-refractivity contribution in [2.45, 2.75) is 39.5 Å². The highest BCUT2D eigenvalue weighted by molar-refractivity contribution is 7.80. The van der Waals surface area contributed by atoms with Crippen LogP contribution in [-0.4, -0.2) is 28.6 Å². The second kappa shape index (κ2) is 11.4. The van der Waals surface area contributed by atoms with Crippen molar-refractivity contribution < 1.29 is 14.3 Å². The molecule has 2 N–H and O–H groups in total. The van der Waals surface area contributed by atoms with Gasteiger partial charge >= 0.3 is 5.97 Å². The molecule has 2 heterocycles. The number of aromatic nitrogens is 1. The first-order valence-corrected chi connectivity index (χ1v) is 14.1. The average Bonchev–Trinajstić information content (AvgIpc) is 3.28. The first-order valence-electron chi connectivity index (χ1n) is 12.8. The van der Waals surface area contributed by atoms with Crippen molar-refractivity contribution in [3.05, 3.63) is 82.2 Å². The highest BCUT2D eigenvalue weighted by Gasteiger charge is 2.29. The fraction of sp³-hybridized carbons (Fsp3) is 0.267. The number of fused-ring (bicyclic) bond motifs is 2. The molecule has 0 saturated heterocycles. The maximum absolute atomic E-state index is 13.5. The molecule has 1 aliphatic rings. The molecule has 0 saturated carbocycles. The molecule has 38 heavy (non-hydrogen) atoms. The molecule has 0 spiro atoms. The fourth-order valence-corrected chi connectivity index (χ4v) is 6.41. The Morgan fingerprint density at radius 3 is 2.68 bits per heavy atom. The van der Waals surface area contributed by atoms with Crippen molar-refractivity contribution in [2.24, 2.45) is 5.92 Å². The smallest absolute Gasteiger partial charge is 0.341 e. The number of thiocarbonyl (C=S) groups is 1. The maximum atomic E-state index is 13.5. The summed E-state index contributed by atoms with van der Waals surface area (Å²) in [6, 6.07) is 19.1. The molecule has 0 unspecified atom stereocenters. The van der Waals surface area contributed by atoms with Crippen LogP contribution in [0.15, 0.2) is 60.7 Å². The molecule has 2 aromatic carbocycles. The maximum Gasteiger partial charge on any atom is 0.341 e.